The molecule has 1 aliphatic rings. The second-order valence-corrected chi connectivity index (χ2v) is 7.35. The van der Waals surface area contributed by atoms with E-state index in [-0.39, 0.29) is 5.91 Å². The highest BCUT2D eigenvalue weighted by molar-refractivity contribution is 8.01. The first-order valence-corrected chi connectivity index (χ1v) is 7.71. The smallest absolute Gasteiger partial charge is 0.237 e. The van der Waals surface area contributed by atoms with Crippen molar-refractivity contribution in [3.8, 4) is 0 Å². The zero-order chi connectivity index (χ0) is 13.2. The molecule has 1 aromatic rings. The molecule has 100 valence electrons. The maximum Gasteiger partial charge on any atom is 0.237 e. The number of primary amides is 1. The average molecular weight is 286 g/mol. The van der Waals surface area contributed by atoms with E-state index in [1.54, 1.807) is 23.1 Å². The number of hydrogen-bond acceptors (Lipinski definition) is 6. The Morgan fingerprint density at radius 3 is 2.94 bits per heavy atom. The van der Waals surface area contributed by atoms with Crippen LogP contribution in [-0.4, -0.2) is 33.9 Å². The first kappa shape index (κ1) is 13.8. The predicted molar refractivity (Wildman–Crippen MR) is 73.7 cm³/mol. The molecule has 5 nitrogen and oxygen atoms in total. The molecule has 18 heavy (non-hydrogen) atoms. The van der Waals surface area contributed by atoms with Crippen molar-refractivity contribution in [3.05, 3.63) is 5.01 Å². The Hall–Kier alpha value is -0.660. The maximum absolute atomic E-state index is 11.6. The molecule has 7 heteroatoms. The van der Waals surface area contributed by atoms with E-state index in [0.717, 1.165) is 35.0 Å². The summed E-state index contributed by atoms with van der Waals surface area (Å²) in [6, 6.07) is 0. The number of aryl methyl sites for hydroxylation is 1. The Labute approximate surface area is 115 Å². The van der Waals surface area contributed by atoms with Crippen molar-refractivity contribution in [2.24, 2.45) is 5.73 Å². The van der Waals surface area contributed by atoms with Gasteiger partial charge in [-0.15, -0.1) is 10.2 Å². The molecule has 0 bridgehead atoms. The van der Waals surface area contributed by atoms with Crippen LogP contribution in [0.15, 0.2) is 4.34 Å². The first-order valence-electron chi connectivity index (χ1n) is 6.01. The van der Waals surface area contributed by atoms with E-state index >= 15 is 0 Å². The lowest BCUT2D eigenvalue weighted by Crippen LogP contribution is -2.57. The van der Waals surface area contributed by atoms with Crippen LogP contribution in [0.5, 0.6) is 0 Å². The summed E-state index contributed by atoms with van der Waals surface area (Å²) in [6.45, 7) is 1.95. The first-order chi connectivity index (χ1) is 8.55. The molecular formula is C11H18N4OS2. The number of aromatic nitrogens is 2. The molecule has 1 aliphatic carbocycles. The van der Waals surface area contributed by atoms with Crippen molar-refractivity contribution in [1.29, 1.82) is 0 Å². The molecule has 1 fully saturated rings. The zero-order valence-electron chi connectivity index (χ0n) is 10.6. The predicted octanol–water partition coefficient (Wildman–Crippen LogP) is 1.32. The summed E-state index contributed by atoms with van der Waals surface area (Å²) in [5, 5.41) is 12.6. The van der Waals surface area contributed by atoms with Gasteiger partial charge in [-0.3, -0.25) is 4.79 Å². The summed E-state index contributed by atoms with van der Waals surface area (Å²) < 4.78 is 0.980. The SMILES string of the molecule is CNC1(C(N)=O)CCCC(Sc2nnc(C)s2)C1. The van der Waals surface area contributed by atoms with Gasteiger partial charge in [0.1, 0.15) is 5.01 Å². The lowest BCUT2D eigenvalue weighted by Gasteiger charge is -2.37. The van der Waals surface area contributed by atoms with Gasteiger partial charge in [-0.05, 0) is 39.7 Å². The molecule has 1 amide bonds. The van der Waals surface area contributed by atoms with Crippen LogP contribution in [0.4, 0.5) is 0 Å². The minimum absolute atomic E-state index is 0.247. The van der Waals surface area contributed by atoms with Crippen molar-refractivity contribution in [2.45, 2.75) is 47.7 Å². The van der Waals surface area contributed by atoms with E-state index < -0.39 is 5.54 Å². The summed E-state index contributed by atoms with van der Waals surface area (Å²) in [7, 11) is 1.81. The lowest BCUT2D eigenvalue weighted by molar-refractivity contribution is -0.125. The second-order valence-electron chi connectivity index (χ2n) is 4.62. The average Bonchev–Trinajstić information content (AvgIpc) is 2.74. The molecule has 1 aromatic heterocycles. The third-order valence-electron chi connectivity index (χ3n) is 3.43. The topological polar surface area (TPSA) is 80.9 Å². The molecule has 2 unspecified atom stereocenters. The summed E-state index contributed by atoms with van der Waals surface area (Å²) >= 11 is 3.32. The number of nitrogens with one attached hydrogen (secondary N) is 1. The number of nitrogens with zero attached hydrogens (tertiary/aromatic N) is 2. The fraction of sp³-hybridized carbons (Fsp3) is 0.727. The van der Waals surface area contributed by atoms with Crippen molar-refractivity contribution in [1.82, 2.24) is 15.5 Å². The summed E-state index contributed by atoms with van der Waals surface area (Å²) in [5.41, 5.74) is 4.99. The molecule has 3 N–H and O–H groups in total. The highest BCUT2D eigenvalue weighted by atomic mass is 32.2. The van der Waals surface area contributed by atoms with Crippen LogP contribution in [0, 0.1) is 6.92 Å². The number of amides is 1. The van der Waals surface area contributed by atoms with E-state index in [1.807, 2.05) is 14.0 Å². The van der Waals surface area contributed by atoms with Crippen LogP contribution in [-0.2, 0) is 4.79 Å². The lowest BCUT2D eigenvalue weighted by atomic mass is 9.81. The number of hydrogen-bond donors (Lipinski definition) is 2. The van der Waals surface area contributed by atoms with Crippen LogP contribution in [0.1, 0.15) is 30.7 Å². The van der Waals surface area contributed by atoms with Crippen molar-refractivity contribution in [3.63, 3.8) is 0 Å². The summed E-state index contributed by atoms with van der Waals surface area (Å²) in [5.74, 6) is -0.247. The molecule has 0 aliphatic heterocycles. The molecule has 0 radical (unpaired) electrons. The van der Waals surface area contributed by atoms with E-state index in [9.17, 15) is 4.79 Å². The number of carbonyl (C=O) groups is 1. The summed E-state index contributed by atoms with van der Waals surface area (Å²) in [6.07, 6.45) is 3.70. The maximum atomic E-state index is 11.6. The Bertz CT molecular complexity index is 436. The molecular weight excluding hydrogens is 268 g/mol. The van der Waals surface area contributed by atoms with Crippen LogP contribution >= 0.6 is 23.1 Å². The molecule has 1 saturated carbocycles. The molecule has 0 aromatic carbocycles. The van der Waals surface area contributed by atoms with E-state index in [1.165, 1.54) is 0 Å². The van der Waals surface area contributed by atoms with Crippen molar-refractivity contribution < 1.29 is 4.79 Å². The number of likely N-dealkylation sites (N-methyl/N-ethyl adjacent to an activating group) is 1. The quantitative estimate of drug-likeness (QED) is 0.872. The Morgan fingerprint density at radius 2 is 2.39 bits per heavy atom. The van der Waals surface area contributed by atoms with Crippen molar-refractivity contribution >= 4 is 29.0 Å². The van der Waals surface area contributed by atoms with Crippen LogP contribution in [0.2, 0.25) is 0 Å². The van der Waals surface area contributed by atoms with Gasteiger partial charge in [0.25, 0.3) is 0 Å². The second kappa shape index (κ2) is 5.54. The van der Waals surface area contributed by atoms with Gasteiger partial charge in [0.2, 0.25) is 5.91 Å². The van der Waals surface area contributed by atoms with E-state index in [2.05, 4.69) is 15.5 Å². The van der Waals surface area contributed by atoms with Gasteiger partial charge in [0.15, 0.2) is 4.34 Å². The number of rotatable bonds is 4. The standard InChI is InChI=1S/C11H18N4OS2/c1-7-14-15-10(17-7)18-8-4-3-5-11(6-8,13-2)9(12)16/h8,13H,3-6H2,1-2H3,(H2,12,16). The Balaban J connectivity index is 2.04. The number of nitrogens with two attached hydrogens (primary N) is 1. The zero-order valence-corrected chi connectivity index (χ0v) is 12.2. The van der Waals surface area contributed by atoms with Crippen LogP contribution < -0.4 is 11.1 Å². The summed E-state index contributed by atoms with van der Waals surface area (Å²) in [4.78, 5) is 11.6. The minimum atomic E-state index is -0.546. The van der Waals surface area contributed by atoms with Gasteiger partial charge >= 0.3 is 0 Å². The fourth-order valence-electron chi connectivity index (χ4n) is 2.37. The third-order valence-corrected chi connectivity index (χ3v) is 5.62. The highest BCUT2D eigenvalue weighted by Gasteiger charge is 2.40. The molecule has 2 atom stereocenters. The molecule has 0 spiro atoms. The largest absolute Gasteiger partial charge is 0.368 e. The van der Waals surface area contributed by atoms with Gasteiger partial charge in [-0.2, -0.15) is 0 Å². The van der Waals surface area contributed by atoms with Crippen molar-refractivity contribution in [2.75, 3.05) is 7.05 Å². The van der Waals surface area contributed by atoms with E-state index in [4.69, 9.17) is 5.73 Å². The number of thioether (sulfide) groups is 1. The van der Waals surface area contributed by atoms with Crippen LogP contribution in [0.25, 0.3) is 0 Å². The fourth-order valence-corrected chi connectivity index (χ4v) is 4.77. The molecule has 1 heterocycles. The van der Waals surface area contributed by atoms with Gasteiger partial charge < -0.3 is 11.1 Å². The van der Waals surface area contributed by atoms with E-state index in [0.29, 0.717) is 5.25 Å². The molecule has 2 rings (SSSR count). The van der Waals surface area contributed by atoms with Gasteiger partial charge in [-0.25, -0.2) is 0 Å². The van der Waals surface area contributed by atoms with Gasteiger partial charge in [-0.1, -0.05) is 23.1 Å². The highest BCUT2D eigenvalue weighted by Crippen LogP contribution is 2.38. The Morgan fingerprint density at radius 1 is 1.61 bits per heavy atom. The van der Waals surface area contributed by atoms with Gasteiger partial charge in [0, 0.05) is 5.25 Å². The third kappa shape index (κ3) is 2.84. The normalized spacial score (nSPS) is 28.2. The van der Waals surface area contributed by atoms with Gasteiger partial charge in [0.05, 0.1) is 5.54 Å². The Kier molecular flexibility index (Phi) is 4.24. The number of carbonyl (C=O) groups excluding carboxylic acids is 1. The monoisotopic (exact) mass is 286 g/mol. The molecule has 0 saturated heterocycles. The van der Waals surface area contributed by atoms with Crippen LogP contribution in [0.3, 0.4) is 0 Å². The minimum Gasteiger partial charge on any atom is -0.368 e.